The smallest absolute Gasteiger partial charge is 0.336 e. The zero-order valence-corrected chi connectivity index (χ0v) is 12.0. The molecular weight excluding hydrogens is 280 g/mol. The normalized spacial score (nSPS) is 13.6. The van der Waals surface area contributed by atoms with Crippen molar-refractivity contribution >= 4 is 12.0 Å². The summed E-state index contributed by atoms with van der Waals surface area (Å²) < 4.78 is 16.4. The Labute approximate surface area is 128 Å². The van der Waals surface area contributed by atoms with Crippen LogP contribution in [0.1, 0.15) is 12.0 Å². The van der Waals surface area contributed by atoms with Crippen molar-refractivity contribution < 1.29 is 19.0 Å². The Morgan fingerprint density at radius 2 is 1.77 bits per heavy atom. The van der Waals surface area contributed by atoms with Crippen LogP contribution in [0, 0.1) is 0 Å². The predicted molar refractivity (Wildman–Crippen MR) is 83.2 cm³/mol. The fraction of sp³-hybridized carbons (Fsp3) is 0.167. The number of benzene rings is 2. The molecule has 0 N–H and O–H groups in total. The molecule has 4 nitrogen and oxygen atoms in total. The predicted octanol–water partition coefficient (Wildman–Crippen LogP) is 3.47. The van der Waals surface area contributed by atoms with Gasteiger partial charge in [-0.05, 0) is 35.9 Å². The van der Waals surface area contributed by atoms with Crippen LogP contribution in [0.3, 0.4) is 0 Å². The van der Waals surface area contributed by atoms with Crippen LogP contribution in [0.4, 0.5) is 0 Å². The molecule has 1 heterocycles. The van der Waals surface area contributed by atoms with Gasteiger partial charge in [-0.2, -0.15) is 0 Å². The zero-order valence-electron chi connectivity index (χ0n) is 12.0. The SMILES string of the molecule is O=C(/C=C/c1ccc2c(c1)OCCCO2)Oc1ccccc1. The number of carbonyl (C=O) groups excluding carboxylic acids is 1. The summed E-state index contributed by atoms with van der Waals surface area (Å²) in [5, 5.41) is 0. The van der Waals surface area contributed by atoms with Crippen molar-refractivity contribution in [2.45, 2.75) is 6.42 Å². The third-order valence-corrected chi connectivity index (χ3v) is 3.15. The molecule has 1 aliphatic heterocycles. The van der Waals surface area contributed by atoms with E-state index in [4.69, 9.17) is 14.2 Å². The molecule has 0 aromatic heterocycles. The molecule has 0 atom stereocenters. The van der Waals surface area contributed by atoms with E-state index in [1.807, 2.05) is 36.4 Å². The molecule has 0 fully saturated rings. The van der Waals surface area contributed by atoms with Gasteiger partial charge in [0, 0.05) is 12.5 Å². The minimum Gasteiger partial charge on any atom is -0.490 e. The third kappa shape index (κ3) is 3.67. The van der Waals surface area contributed by atoms with Crippen LogP contribution < -0.4 is 14.2 Å². The monoisotopic (exact) mass is 296 g/mol. The largest absolute Gasteiger partial charge is 0.490 e. The summed E-state index contributed by atoms with van der Waals surface area (Å²) in [5.74, 6) is 1.55. The number of hydrogen-bond donors (Lipinski definition) is 0. The van der Waals surface area contributed by atoms with Gasteiger partial charge in [-0.15, -0.1) is 0 Å². The van der Waals surface area contributed by atoms with Crippen LogP contribution in [0.2, 0.25) is 0 Å². The van der Waals surface area contributed by atoms with E-state index in [-0.39, 0.29) is 0 Å². The highest BCUT2D eigenvalue weighted by molar-refractivity contribution is 5.88. The Hall–Kier alpha value is -2.75. The fourth-order valence-corrected chi connectivity index (χ4v) is 2.09. The maximum Gasteiger partial charge on any atom is 0.336 e. The van der Waals surface area contributed by atoms with Crippen molar-refractivity contribution in [1.29, 1.82) is 0 Å². The molecule has 0 aliphatic carbocycles. The molecule has 0 saturated carbocycles. The van der Waals surface area contributed by atoms with Gasteiger partial charge >= 0.3 is 5.97 Å². The van der Waals surface area contributed by atoms with E-state index in [0.29, 0.717) is 24.7 Å². The standard InChI is InChI=1S/C18H16O4/c19-18(22-15-5-2-1-3-6-15)10-8-14-7-9-16-17(13-14)21-12-4-11-20-16/h1-3,5-10,13H,4,11-12H2/b10-8+. The van der Waals surface area contributed by atoms with Gasteiger partial charge in [0.25, 0.3) is 0 Å². The van der Waals surface area contributed by atoms with Crippen molar-refractivity contribution in [1.82, 2.24) is 0 Å². The maximum absolute atomic E-state index is 11.8. The van der Waals surface area contributed by atoms with E-state index in [9.17, 15) is 4.79 Å². The first kappa shape index (κ1) is 14.2. The third-order valence-electron chi connectivity index (χ3n) is 3.15. The summed E-state index contributed by atoms with van der Waals surface area (Å²) in [6.07, 6.45) is 3.95. The number of fused-ring (bicyclic) bond motifs is 1. The van der Waals surface area contributed by atoms with Crippen molar-refractivity contribution in [2.24, 2.45) is 0 Å². The van der Waals surface area contributed by atoms with Crippen molar-refractivity contribution in [2.75, 3.05) is 13.2 Å². The van der Waals surface area contributed by atoms with E-state index in [2.05, 4.69) is 0 Å². The van der Waals surface area contributed by atoms with E-state index in [1.165, 1.54) is 6.08 Å². The highest BCUT2D eigenvalue weighted by atomic mass is 16.5. The number of rotatable bonds is 3. The van der Waals surface area contributed by atoms with Crippen molar-refractivity contribution in [3.05, 3.63) is 60.2 Å². The lowest BCUT2D eigenvalue weighted by molar-refractivity contribution is -0.128. The molecule has 0 radical (unpaired) electrons. The topological polar surface area (TPSA) is 44.8 Å². The molecule has 0 bridgehead atoms. The Morgan fingerprint density at radius 3 is 2.59 bits per heavy atom. The first-order valence-electron chi connectivity index (χ1n) is 7.16. The lowest BCUT2D eigenvalue weighted by atomic mass is 10.2. The average molecular weight is 296 g/mol. The lowest BCUT2D eigenvalue weighted by Gasteiger charge is -2.07. The van der Waals surface area contributed by atoms with Gasteiger partial charge < -0.3 is 14.2 Å². The number of para-hydroxylation sites is 1. The molecule has 2 aromatic rings. The van der Waals surface area contributed by atoms with E-state index in [0.717, 1.165) is 17.7 Å². The summed E-state index contributed by atoms with van der Waals surface area (Å²) in [7, 11) is 0. The van der Waals surface area contributed by atoms with Crippen LogP contribution in [0.25, 0.3) is 6.08 Å². The fourth-order valence-electron chi connectivity index (χ4n) is 2.09. The molecule has 112 valence electrons. The second kappa shape index (κ2) is 6.80. The molecular formula is C18H16O4. The van der Waals surface area contributed by atoms with Gasteiger partial charge in [-0.1, -0.05) is 24.3 Å². The Bertz CT molecular complexity index is 677. The van der Waals surface area contributed by atoms with Crippen LogP contribution >= 0.6 is 0 Å². The van der Waals surface area contributed by atoms with Gasteiger partial charge in [0.15, 0.2) is 11.5 Å². The Morgan fingerprint density at radius 1 is 1.00 bits per heavy atom. The van der Waals surface area contributed by atoms with Gasteiger partial charge in [0.05, 0.1) is 13.2 Å². The van der Waals surface area contributed by atoms with Crippen LogP contribution in [-0.4, -0.2) is 19.2 Å². The molecule has 2 aromatic carbocycles. The summed E-state index contributed by atoms with van der Waals surface area (Å²) in [4.78, 5) is 11.8. The quantitative estimate of drug-likeness (QED) is 0.494. The summed E-state index contributed by atoms with van der Waals surface area (Å²) in [5.41, 5.74) is 0.856. The second-order valence-corrected chi connectivity index (χ2v) is 4.82. The minimum atomic E-state index is -0.418. The van der Waals surface area contributed by atoms with Crippen LogP contribution in [0.15, 0.2) is 54.6 Å². The summed E-state index contributed by atoms with van der Waals surface area (Å²) in [6.45, 7) is 1.29. The number of ether oxygens (including phenoxy) is 3. The van der Waals surface area contributed by atoms with Crippen molar-refractivity contribution in [3.8, 4) is 17.2 Å². The maximum atomic E-state index is 11.8. The molecule has 0 saturated heterocycles. The first-order valence-corrected chi connectivity index (χ1v) is 7.16. The van der Waals surface area contributed by atoms with Gasteiger partial charge in [0.2, 0.25) is 0 Å². The summed E-state index contributed by atoms with van der Waals surface area (Å²) in [6, 6.07) is 14.5. The van der Waals surface area contributed by atoms with Gasteiger partial charge in [0.1, 0.15) is 5.75 Å². The minimum absolute atomic E-state index is 0.418. The van der Waals surface area contributed by atoms with Gasteiger partial charge in [-0.3, -0.25) is 0 Å². The van der Waals surface area contributed by atoms with Gasteiger partial charge in [-0.25, -0.2) is 4.79 Å². The zero-order chi connectivity index (χ0) is 15.2. The highest BCUT2D eigenvalue weighted by Gasteiger charge is 2.09. The molecule has 4 heteroatoms. The van der Waals surface area contributed by atoms with Crippen molar-refractivity contribution in [3.63, 3.8) is 0 Å². The van der Waals surface area contributed by atoms with E-state index >= 15 is 0 Å². The molecule has 1 aliphatic rings. The summed E-state index contributed by atoms with van der Waals surface area (Å²) >= 11 is 0. The number of hydrogen-bond acceptors (Lipinski definition) is 4. The Balaban J connectivity index is 1.67. The average Bonchev–Trinajstić information content (AvgIpc) is 2.78. The lowest BCUT2D eigenvalue weighted by Crippen LogP contribution is -2.03. The second-order valence-electron chi connectivity index (χ2n) is 4.82. The highest BCUT2D eigenvalue weighted by Crippen LogP contribution is 2.30. The van der Waals surface area contributed by atoms with E-state index in [1.54, 1.807) is 18.2 Å². The Kier molecular flexibility index (Phi) is 4.39. The number of carbonyl (C=O) groups is 1. The molecule has 3 rings (SSSR count). The molecule has 0 unspecified atom stereocenters. The molecule has 0 spiro atoms. The number of esters is 1. The van der Waals surface area contributed by atoms with E-state index < -0.39 is 5.97 Å². The van der Waals surface area contributed by atoms with Crippen LogP contribution in [-0.2, 0) is 4.79 Å². The molecule has 0 amide bonds. The first-order chi connectivity index (χ1) is 10.8. The molecule has 22 heavy (non-hydrogen) atoms. The van der Waals surface area contributed by atoms with Crippen LogP contribution in [0.5, 0.6) is 17.2 Å².